The molecule has 1 rings (SSSR count). The molecular formula is C51H79O13P. The Morgan fingerprint density at radius 1 is 0.492 bits per heavy atom. The van der Waals surface area contributed by atoms with Crippen LogP contribution in [0, 0.1) is 0 Å². The third kappa shape index (κ3) is 31.7. The fourth-order valence-corrected chi connectivity index (χ4v) is 7.04. The van der Waals surface area contributed by atoms with Gasteiger partial charge in [0.1, 0.15) is 43.2 Å². The van der Waals surface area contributed by atoms with Crippen molar-refractivity contribution in [2.45, 2.75) is 172 Å². The van der Waals surface area contributed by atoms with Crippen molar-refractivity contribution in [3.63, 3.8) is 0 Å². The van der Waals surface area contributed by atoms with Crippen LogP contribution in [0.25, 0.3) is 0 Å². The molecule has 0 heterocycles. The normalized spacial score (nSPS) is 22.5. The number of unbranched alkanes of at least 4 members (excludes halogenated alkanes) is 4. The monoisotopic (exact) mass is 931 g/mol. The number of phosphoric ester groups is 1. The van der Waals surface area contributed by atoms with E-state index in [-0.39, 0.29) is 12.8 Å². The molecule has 6 unspecified atom stereocenters. The lowest BCUT2D eigenvalue weighted by atomic mass is 9.85. The van der Waals surface area contributed by atoms with Gasteiger partial charge < -0.3 is 39.9 Å². The Morgan fingerprint density at radius 3 is 1.34 bits per heavy atom. The van der Waals surface area contributed by atoms with E-state index in [1.165, 1.54) is 19.3 Å². The van der Waals surface area contributed by atoms with E-state index in [0.717, 1.165) is 57.8 Å². The number of hydrogen-bond acceptors (Lipinski definition) is 12. The molecule has 0 saturated heterocycles. The molecule has 14 heteroatoms. The minimum Gasteiger partial charge on any atom is -0.462 e. The highest BCUT2D eigenvalue weighted by Crippen LogP contribution is 2.47. The molecule has 0 aliphatic heterocycles. The van der Waals surface area contributed by atoms with Crippen molar-refractivity contribution in [3.8, 4) is 0 Å². The quantitative estimate of drug-likeness (QED) is 0.0150. The summed E-state index contributed by atoms with van der Waals surface area (Å²) in [5.41, 5.74) is 0. The van der Waals surface area contributed by atoms with Gasteiger partial charge in [0.2, 0.25) is 0 Å². The molecule has 0 aromatic heterocycles. The highest BCUT2D eigenvalue weighted by atomic mass is 31.2. The average Bonchev–Trinajstić information content (AvgIpc) is 3.29. The van der Waals surface area contributed by atoms with Crippen LogP contribution in [0.4, 0.5) is 0 Å². The summed E-state index contributed by atoms with van der Waals surface area (Å²) < 4.78 is 33.4. The smallest absolute Gasteiger partial charge is 0.462 e. The first kappa shape index (κ1) is 59.3. The highest BCUT2D eigenvalue weighted by Gasteiger charge is 2.51. The molecule has 0 spiro atoms. The number of aliphatic hydroxyl groups excluding tert-OH is 5. The van der Waals surface area contributed by atoms with Crippen molar-refractivity contribution in [2.24, 2.45) is 0 Å². The summed E-state index contributed by atoms with van der Waals surface area (Å²) in [6, 6.07) is 0. The van der Waals surface area contributed by atoms with E-state index >= 15 is 0 Å². The van der Waals surface area contributed by atoms with Crippen LogP contribution in [-0.2, 0) is 32.7 Å². The van der Waals surface area contributed by atoms with Crippen LogP contribution in [-0.4, -0.2) is 98.3 Å². The Morgan fingerprint density at radius 2 is 0.892 bits per heavy atom. The third-order valence-electron chi connectivity index (χ3n) is 9.80. The molecule has 1 saturated carbocycles. The van der Waals surface area contributed by atoms with Gasteiger partial charge in [-0.3, -0.25) is 18.6 Å². The van der Waals surface area contributed by atoms with Crippen molar-refractivity contribution in [1.82, 2.24) is 0 Å². The van der Waals surface area contributed by atoms with E-state index in [4.69, 9.17) is 18.5 Å². The van der Waals surface area contributed by atoms with Gasteiger partial charge in [0, 0.05) is 12.8 Å². The maximum atomic E-state index is 12.8. The number of carbonyl (C=O) groups excluding carboxylic acids is 2. The summed E-state index contributed by atoms with van der Waals surface area (Å²) >= 11 is 0. The fourth-order valence-electron chi connectivity index (χ4n) is 6.07. The number of rotatable bonds is 36. The minimum atomic E-state index is -5.16. The van der Waals surface area contributed by atoms with Crippen molar-refractivity contribution in [3.05, 3.63) is 122 Å². The van der Waals surface area contributed by atoms with E-state index in [2.05, 4.69) is 105 Å². The van der Waals surface area contributed by atoms with Crippen molar-refractivity contribution in [2.75, 3.05) is 13.2 Å². The van der Waals surface area contributed by atoms with Gasteiger partial charge in [-0.2, -0.15) is 0 Å². The Balaban J connectivity index is 2.56. The van der Waals surface area contributed by atoms with Gasteiger partial charge in [-0.25, -0.2) is 4.57 Å². The molecule has 1 aliphatic rings. The predicted octanol–water partition coefficient (Wildman–Crippen LogP) is 9.39. The van der Waals surface area contributed by atoms with Crippen LogP contribution in [0.15, 0.2) is 122 Å². The van der Waals surface area contributed by atoms with E-state index in [0.29, 0.717) is 25.7 Å². The van der Waals surface area contributed by atoms with Crippen molar-refractivity contribution in [1.29, 1.82) is 0 Å². The molecule has 0 bridgehead atoms. The molecule has 8 atom stereocenters. The number of carbonyl (C=O) groups is 2. The summed E-state index contributed by atoms with van der Waals surface area (Å²) in [6.45, 7) is 3.02. The Kier molecular flexibility index (Phi) is 35.9. The zero-order chi connectivity index (χ0) is 47.8. The van der Waals surface area contributed by atoms with E-state index in [9.17, 15) is 44.6 Å². The van der Waals surface area contributed by atoms with Crippen molar-refractivity contribution < 1.29 is 63.1 Å². The molecule has 0 radical (unpaired) electrons. The largest absolute Gasteiger partial charge is 0.472 e. The number of allylic oxidation sites excluding steroid dienone is 20. The Bertz CT molecular complexity index is 1590. The standard InChI is InChI=1S/C51H79O13P/c1-3-5-7-9-11-13-15-17-19-21-22-24-25-27-29-31-33-35-37-39-44(52)61-41-43(42-62-65(59,60)64-51-49(57)47(55)46(54)48(56)50(51)58)63-45(53)40-38-36-34-32-30-28-26-23-20-18-16-14-12-10-8-6-4-2/h6,8,11-14,17-20,22,24,26-29,32-35,43,46-51,54-58H,3-5,7,9-10,15-16,21,23,25,30-31,36-42H2,1-2H3,(H,59,60)/b8-6+,13-11+,14-12+,19-17+,20-18+,24-22+,28-26+,29-27+,34-32+,35-33+/t43-,46?,47-,48?,49?,50?,51?/m0/s1. The van der Waals surface area contributed by atoms with Crippen LogP contribution in [0.3, 0.4) is 0 Å². The molecular weight excluding hydrogens is 852 g/mol. The molecule has 65 heavy (non-hydrogen) atoms. The molecule has 0 aromatic carbocycles. The maximum absolute atomic E-state index is 12.8. The summed E-state index contributed by atoms with van der Waals surface area (Å²) in [4.78, 5) is 35.7. The first-order chi connectivity index (χ1) is 31.4. The lowest BCUT2D eigenvalue weighted by molar-refractivity contribution is -0.220. The van der Waals surface area contributed by atoms with Crippen LogP contribution < -0.4 is 0 Å². The number of esters is 2. The van der Waals surface area contributed by atoms with E-state index in [1.54, 1.807) is 0 Å². The van der Waals surface area contributed by atoms with Crippen molar-refractivity contribution >= 4 is 19.8 Å². The zero-order valence-corrected chi connectivity index (χ0v) is 39.6. The molecule has 6 N–H and O–H groups in total. The van der Waals surface area contributed by atoms with Crippen LogP contribution >= 0.6 is 7.82 Å². The number of hydrogen-bond donors (Lipinski definition) is 6. The van der Waals surface area contributed by atoms with Gasteiger partial charge in [-0.05, 0) is 89.9 Å². The molecule has 1 aliphatic carbocycles. The lowest BCUT2D eigenvalue weighted by Crippen LogP contribution is -2.64. The second-order valence-electron chi connectivity index (χ2n) is 15.5. The van der Waals surface area contributed by atoms with Gasteiger partial charge >= 0.3 is 19.8 Å². The maximum Gasteiger partial charge on any atom is 0.472 e. The summed E-state index contributed by atoms with van der Waals surface area (Å²) in [5, 5.41) is 50.2. The minimum absolute atomic E-state index is 0.00512. The van der Waals surface area contributed by atoms with Gasteiger partial charge in [0.15, 0.2) is 6.10 Å². The van der Waals surface area contributed by atoms with Crippen LogP contribution in [0.5, 0.6) is 0 Å². The molecule has 0 aromatic rings. The molecule has 13 nitrogen and oxygen atoms in total. The molecule has 366 valence electrons. The van der Waals surface area contributed by atoms with Gasteiger partial charge in [0.25, 0.3) is 0 Å². The van der Waals surface area contributed by atoms with E-state index < -0.39 is 75.7 Å². The van der Waals surface area contributed by atoms with Crippen LogP contribution in [0.1, 0.15) is 129 Å². The summed E-state index contributed by atoms with van der Waals surface area (Å²) in [7, 11) is -5.16. The van der Waals surface area contributed by atoms with Gasteiger partial charge in [0.05, 0.1) is 6.61 Å². The number of phosphoric acid groups is 1. The number of ether oxygens (including phenoxy) is 2. The first-order valence-corrected chi connectivity index (χ1v) is 24.8. The van der Waals surface area contributed by atoms with Gasteiger partial charge in [-0.1, -0.05) is 148 Å². The fraction of sp³-hybridized carbons (Fsp3) is 0.569. The third-order valence-corrected chi connectivity index (χ3v) is 10.8. The molecule has 1 fully saturated rings. The zero-order valence-electron chi connectivity index (χ0n) is 38.7. The van der Waals surface area contributed by atoms with Gasteiger partial charge in [-0.15, -0.1) is 0 Å². The predicted molar refractivity (Wildman–Crippen MR) is 257 cm³/mol. The Labute approximate surface area is 388 Å². The second kappa shape index (κ2) is 39.4. The average molecular weight is 931 g/mol. The number of aliphatic hydroxyl groups is 5. The topological polar surface area (TPSA) is 210 Å². The highest BCUT2D eigenvalue weighted by molar-refractivity contribution is 7.47. The Hall–Kier alpha value is -3.75. The summed E-state index contributed by atoms with van der Waals surface area (Å²) in [6.07, 6.45) is 42.7. The first-order valence-electron chi connectivity index (χ1n) is 23.3. The van der Waals surface area contributed by atoms with E-state index in [1.807, 2.05) is 30.4 Å². The lowest BCUT2D eigenvalue weighted by Gasteiger charge is -2.41. The SMILES string of the molecule is CC/C=C/C/C=C/C/C=C/C/C=C/C/C=C/CCCC(=O)O[C@@H](COC(=O)CC/C=C/C/C=C/C/C=C/C/C=C/C/C=C/CCCCC)COP(=O)(O)OC1C(O)C(O)C(O)[C@H](O)C1O. The summed E-state index contributed by atoms with van der Waals surface area (Å²) in [5.74, 6) is -1.28. The van der Waals surface area contributed by atoms with Crippen LogP contribution in [0.2, 0.25) is 0 Å². The second-order valence-corrected chi connectivity index (χ2v) is 16.9. The molecule has 0 amide bonds.